The lowest BCUT2D eigenvalue weighted by molar-refractivity contribution is 0.902. The minimum Gasteiger partial charge on any atom is -0.380 e. The van der Waals surface area contributed by atoms with Crippen LogP contribution in [0.1, 0.15) is 16.8 Å². The molecule has 1 heterocycles. The molecule has 0 aliphatic heterocycles. The Morgan fingerprint density at radius 2 is 2.05 bits per heavy atom. The zero-order chi connectivity index (χ0) is 13.8. The molecule has 0 radical (unpaired) electrons. The summed E-state index contributed by atoms with van der Waals surface area (Å²) >= 11 is 6.05. The number of hydrogen-bond acceptors (Lipinski definition) is 3. The molecule has 0 aliphatic carbocycles. The maximum atomic E-state index is 8.88. The largest absolute Gasteiger partial charge is 0.380 e. The molecule has 0 spiro atoms. The van der Waals surface area contributed by atoms with Crippen LogP contribution in [0.3, 0.4) is 0 Å². The Hall–Kier alpha value is -2.43. The Balaban J connectivity index is 2.14. The van der Waals surface area contributed by atoms with Gasteiger partial charge in [0.2, 0.25) is 0 Å². The standard InChI is InChI=1S/C14H11ClN4/c1-19-9-11(4-12(19)7-17)8-18-14-5-10(6-16)2-3-13(14)15/h2-5,9,18H,8H2,1H3. The number of halogens is 1. The monoisotopic (exact) mass is 270 g/mol. The molecule has 94 valence electrons. The van der Waals surface area contributed by atoms with Crippen molar-refractivity contribution in [2.45, 2.75) is 6.54 Å². The van der Waals surface area contributed by atoms with Gasteiger partial charge in [-0.05, 0) is 29.8 Å². The fourth-order valence-electron chi connectivity index (χ4n) is 1.77. The van der Waals surface area contributed by atoms with Gasteiger partial charge in [0.25, 0.3) is 0 Å². The van der Waals surface area contributed by atoms with E-state index in [9.17, 15) is 0 Å². The van der Waals surface area contributed by atoms with Crippen molar-refractivity contribution >= 4 is 17.3 Å². The molecule has 1 N–H and O–H groups in total. The Kier molecular flexibility index (Phi) is 3.75. The summed E-state index contributed by atoms with van der Waals surface area (Å²) in [6, 6.07) is 11.1. The Labute approximate surface area is 116 Å². The van der Waals surface area contributed by atoms with E-state index in [2.05, 4.69) is 17.5 Å². The summed E-state index contributed by atoms with van der Waals surface area (Å²) in [5, 5.41) is 21.5. The molecular weight excluding hydrogens is 260 g/mol. The summed E-state index contributed by atoms with van der Waals surface area (Å²) in [4.78, 5) is 0. The summed E-state index contributed by atoms with van der Waals surface area (Å²) in [5.41, 5.74) is 2.85. The van der Waals surface area contributed by atoms with E-state index in [0.29, 0.717) is 28.5 Å². The van der Waals surface area contributed by atoms with Crippen LogP contribution >= 0.6 is 11.6 Å². The molecule has 0 saturated heterocycles. The molecule has 0 saturated carbocycles. The van der Waals surface area contributed by atoms with E-state index in [1.165, 1.54) is 0 Å². The number of nitrogens with one attached hydrogen (secondary N) is 1. The van der Waals surface area contributed by atoms with Gasteiger partial charge in [0.1, 0.15) is 11.8 Å². The smallest absolute Gasteiger partial charge is 0.120 e. The van der Waals surface area contributed by atoms with Crippen molar-refractivity contribution in [1.29, 1.82) is 10.5 Å². The highest BCUT2D eigenvalue weighted by atomic mass is 35.5. The van der Waals surface area contributed by atoms with Crippen LogP contribution in [0.15, 0.2) is 30.5 Å². The molecule has 2 rings (SSSR count). The van der Waals surface area contributed by atoms with Crippen molar-refractivity contribution < 1.29 is 0 Å². The number of aryl methyl sites for hydroxylation is 1. The van der Waals surface area contributed by atoms with Crippen molar-refractivity contribution in [1.82, 2.24) is 4.57 Å². The van der Waals surface area contributed by atoms with E-state index in [1.807, 2.05) is 19.3 Å². The van der Waals surface area contributed by atoms with E-state index in [0.717, 1.165) is 5.56 Å². The molecule has 0 aliphatic rings. The van der Waals surface area contributed by atoms with Gasteiger partial charge < -0.3 is 9.88 Å². The van der Waals surface area contributed by atoms with Crippen LogP contribution in [0.4, 0.5) is 5.69 Å². The first-order valence-electron chi connectivity index (χ1n) is 5.63. The lowest BCUT2D eigenvalue weighted by atomic mass is 10.2. The Bertz CT molecular complexity index is 688. The van der Waals surface area contributed by atoms with Gasteiger partial charge in [0.15, 0.2) is 0 Å². The Morgan fingerprint density at radius 3 is 2.68 bits per heavy atom. The number of nitriles is 2. The second-order valence-electron chi connectivity index (χ2n) is 4.12. The fraction of sp³-hybridized carbons (Fsp3) is 0.143. The van der Waals surface area contributed by atoms with Crippen molar-refractivity contribution in [3.63, 3.8) is 0 Å². The maximum Gasteiger partial charge on any atom is 0.120 e. The fourth-order valence-corrected chi connectivity index (χ4v) is 1.95. The van der Waals surface area contributed by atoms with Crippen LogP contribution in [-0.2, 0) is 13.6 Å². The number of anilines is 1. The van der Waals surface area contributed by atoms with Gasteiger partial charge >= 0.3 is 0 Å². The molecule has 0 bridgehead atoms. The van der Waals surface area contributed by atoms with E-state index >= 15 is 0 Å². The van der Waals surface area contributed by atoms with Gasteiger partial charge in [-0.3, -0.25) is 0 Å². The summed E-state index contributed by atoms with van der Waals surface area (Å²) in [7, 11) is 1.82. The molecule has 0 atom stereocenters. The highest BCUT2D eigenvalue weighted by molar-refractivity contribution is 6.33. The molecular formula is C14H11ClN4. The number of benzene rings is 1. The predicted octanol–water partition coefficient (Wildman–Crippen LogP) is 3.03. The minimum atomic E-state index is 0.546. The van der Waals surface area contributed by atoms with Crippen LogP contribution in [0.5, 0.6) is 0 Å². The third-order valence-corrected chi connectivity index (χ3v) is 3.08. The molecule has 5 heteroatoms. The van der Waals surface area contributed by atoms with Crippen LogP contribution < -0.4 is 5.32 Å². The van der Waals surface area contributed by atoms with Crippen molar-refractivity contribution in [2.24, 2.45) is 7.05 Å². The van der Waals surface area contributed by atoms with E-state index < -0.39 is 0 Å². The molecule has 1 aromatic carbocycles. The van der Waals surface area contributed by atoms with Crippen molar-refractivity contribution in [3.8, 4) is 12.1 Å². The van der Waals surface area contributed by atoms with Gasteiger partial charge in [-0.15, -0.1) is 0 Å². The van der Waals surface area contributed by atoms with Gasteiger partial charge in [-0.25, -0.2) is 0 Å². The van der Waals surface area contributed by atoms with Gasteiger partial charge in [-0.1, -0.05) is 11.6 Å². The molecule has 0 unspecified atom stereocenters. The quantitative estimate of drug-likeness (QED) is 0.932. The van der Waals surface area contributed by atoms with Crippen LogP contribution in [-0.4, -0.2) is 4.57 Å². The topological polar surface area (TPSA) is 64.5 Å². The van der Waals surface area contributed by atoms with Crippen LogP contribution in [0, 0.1) is 22.7 Å². The first-order chi connectivity index (χ1) is 9.13. The van der Waals surface area contributed by atoms with E-state index in [1.54, 1.807) is 22.8 Å². The number of aromatic nitrogens is 1. The number of hydrogen-bond donors (Lipinski definition) is 1. The molecule has 1 aromatic heterocycles. The number of rotatable bonds is 3. The lowest BCUT2D eigenvalue weighted by Crippen LogP contribution is -1.99. The number of nitrogens with zero attached hydrogens (tertiary/aromatic N) is 3. The molecule has 0 fully saturated rings. The van der Waals surface area contributed by atoms with Gasteiger partial charge in [0, 0.05) is 19.8 Å². The maximum absolute atomic E-state index is 8.88. The summed E-state index contributed by atoms with van der Waals surface area (Å²) < 4.78 is 1.77. The van der Waals surface area contributed by atoms with Gasteiger partial charge in [0.05, 0.1) is 22.3 Å². The zero-order valence-electron chi connectivity index (χ0n) is 10.3. The van der Waals surface area contributed by atoms with Crippen molar-refractivity contribution in [2.75, 3.05) is 5.32 Å². The zero-order valence-corrected chi connectivity index (χ0v) is 11.1. The SMILES string of the molecule is Cn1cc(CNc2cc(C#N)ccc2Cl)cc1C#N. The molecule has 2 aromatic rings. The summed E-state index contributed by atoms with van der Waals surface area (Å²) in [6.07, 6.45) is 1.88. The summed E-state index contributed by atoms with van der Waals surface area (Å²) in [5.74, 6) is 0. The second kappa shape index (κ2) is 5.48. The predicted molar refractivity (Wildman–Crippen MR) is 73.6 cm³/mol. The molecule has 4 nitrogen and oxygen atoms in total. The molecule has 0 amide bonds. The first-order valence-corrected chi connectivity index (χ1v) is 6.00. The highest BCUT2D eigenvalue weighted by Crippen LogP contribution is 2.23. The van der Waals surface area contributed by atoms with E-state index in [4.69, 9.17) is 22.1 Å². The third-order valence-electron chi connectivity index (χ3n) is 2.75. The minimum absolute atomic E-state index is 0.546. The average molecular weight is 271 g/mol. The van der Waals surface area contributed by atoms with Crippen LogP contribution in [0.2, 0.25) is 5.02 Å². The highest BCUT2D eigenvalue weighted by Gasteiger charge is 2.05. The Morgan fingerprint density at radius 1 is 1.26 bits per heavy atom. The molecule has 19 heavy (non-hydrogen) atoms. The average Bonchev–Trinajstić information content (AvgIpc) is 2.78. The lowest BCUT2D eigenvalue weighted by Gasteiger charge is -2.07. The second-order valence-corrected chi connectivity index (χ2v) is 4.52. The van der Waals surface area contributed by atoms with Crippen molar-refractivity contribution in [3.05, 3.63) is 52.3 Å². The normalized spacial score (nSPS) is 9.68. The van der Waals surface area contributed by atoms with E-state index in [-0.39, 0.29) is 0 Å². The first kappa shape index (κ1) is 13.0. The third kappa shape index (κ3) is 2.88. The van der Waals surface area contributed by atoms with Gasteiger partial charge in [-0.2, -0.15) is 10.5 Å². The summed E-state index contributed by atoms with van der Waals surface area (Å²) in [6.45, 7) is 0.546. The van der Waals surface area contributed by atoms with Crippen LogP contribution in [0.25, 0.3) is 0 Å².